The van der Waals surface area contributed by atoms with Crippen LogP contribution in [0.2, 0.25) is 0 Å². The molecule has 3 aromatic rings. The van der Waals surface area contributed by atoms with Gasteiger partial charge < -0.3 is 9.84 Å². The van der Waals surface area contributed by atoms with E-state index in [1.165, 1.54) is 0 Å². The number of hydrogen-bond donors (Lipinski definition) is 1. The summed E-state index contributed by atoms with van der Waals surface area (Å²) in [7, 11) is 0. The first-order valence-electron chi connectivity index (χ1n) is 7.14. The van der Waals surface area contributed by atoms with E-state index >= 15 is 0 Å². The number of carbonyl (C=O) groups is 1. The van der Waals surface area contributed by atoms with Gasteiger partial charge in [-0.15, -0.1) is 11.3 Å². The molecule has 0 bridgehead atoms. The monoisotopic (exact) mass is 315 g/mol. The first-order valence-corrected chi connectivity index (χ1v) is 8.02. The lowest BCUT2D eigenvalue weighted by atomic mass is 10.1. The molecule has 0 fully saturated rings. The van der Waals surface area contributed by atoms with E-state index in [2.05, 4.69) is 15.5 Å². The number of thiazole rings is 1. The number of hydrogen-bond acceptors (Lipinski definition) is 5. The second-order valence-electron chi connectivity index (χ2n) is 5.20. The molecule has 0 unspecified atom stereocenters. The molecule has 22 heavy (non-hydrogen) atoms. The lowest BCUT2D eigenvalue weighted by molar-refractivity contribution is -0.121. The zero-order chi connectivity index (χ0) is 15.5. The smallest absolute Gasteiger partial charge is 0.220 e. The number of benzene rings is 1. The fraction of sp³-hybridized carbons (Fsp3) is 0.312. The molecule has 0 aliphatic heterocycles. The van der Waals surface area contributed by atoms with Crippen LogP contribution in [0.25, 0.3) is 10.2 Å². The quantitative estimate of drug-likeness (QED) is 0.785. The Labute approximate surface area is 132 Å². The topological polar surface area (TPSA) is 68.0 Å². The van der Waals surface area contributed by atoms with Gasteiger partial charge >= 0.3 is 0 Å². The van der Waals surface area contributed by atoms with Gasteiger partial charge in [0, 0.05) is 18.5 Å². The number of amides is 1. The van der Waals surface area contributed by atoms with Crippen molar-refractivity contribution >= 4 is 27.5 Å². The molecule has 1 N–H and O–H groups in total. The van der Waals surface area contributed by atoms with Gasteiger partial charge in [-0.05, 0) is 31.9 Å². The molecule has 5 nitrogen and oxygen atoms in total. The van der Waals surface area contributed by atoms with Crippen molar-refractivity contribution in [2.45, 2.75) is 33.2 Å². The second kappa shape index (κ2) is 6.27. The van der Waals surface area contributed by atoms with Gasteiger partial charge in [0.05, 0.1) is 21.4 Å². The summed E-state index contributed by atoms with van der Waals surface area (Å²) in [6, 6.07) is 5.97. The molecular formula is C16H17N3O2S. The molecule has 0 radical (unpaired) electrons. The largest absolute Gasteiger partial charge is 0.361 e. The lowest BCUT2D eigenvalue weighted by Crippen LogP contribution is -2.23. The Balaban J connectivity index is 1.58. The highest BCUT2D eigenvalue weighted by atomic mass is 32.1. The SMILES string of the molecule is Cc1noc(C)c1CCC(=O)NCc1cccc2ncsc12. The van der Waals surface area contributed by atoms with Gasteiger partial charge in [-0.3, -0.25) is 4.79 Å². The van der Waals surface area contributed by atoms with Gasteiger partial charge in [-0.1, -0.05) is 17.3 Å². The van der Waals surface area contributed by atoms with Gasteiger partial charge in [-0.25, -0.2) is 4.98 Å². The molecule has 6 heteroatoms. The molecule has 0 spiro atoms. The van der Waals surface area contributed by atoms with Crippen molar-refractivity contribution in [2.75, 3.05) is 0 Å². The fourth-order valence-electron chi connectivity index (χ4n) is 2.46. The third kappa shape index (κ3) is 3.01. The highest BCUT2D eigenvalue weighted by molar-refractivity contribution is 7.16. The van der Waals surface area contributed by atoms with Crippen molar-refractivity contribution in [2.24, 2.45) is 0 Å². The maximum atomic E-state index is 12.0. The summed E-state index contributed by atoms with van der Waals surface area (Å²) in [6.07, 6.45) is 1.08. The first kappa shape index (κ1) is 14.7. The normalized spacial score (nSPS) is 11.0. The van der Waals surface area contributed by atoms with Gasteiger partial charge in [0.1, 0.15) is 5.76 Å². The summed E-state index contributed by atoms with van der Waals surface area (Å²) in [5, 5.41) is 6.87. The Morgan fingerprint density at radius 2 is 2.23 bits per heavy atom. The van der Waals surface area contributed by atoms with E-state index in [9.17, 15) is 4.79 Å². The van der Waals surface area contributed by atoms with Crippen LogP contribution in [-0.2, 0) is 17.8 Å². The summed E-state index contributed by atoms with van der Waals surface area (Å²) in [5.41, 5.74) is 5.80. The first-order chi connectivity index (χ1) is 10.6. The number of aromatic nitrogens is 2. The number of aryl methyl sites for hydroxylation is 2. The van der Waals surface area contributed by atoms with Crippen LogP contribution < -0.4 is 5.32 Å². The maximum Gasteiger partial charge on any atom is 0.220 e. The number of carbonyl (C=O) groups excluding carboxylic acids is 1. The summed E-state index contributed by atoms with van der Waals surface area (Å²) in [4.78, 5) is 16.3. The molecule has 2 heterocycles. The third-order valence-electron chi connectivity index (χ3n) is 3.70. The van der Waals surface area contributed by atoms with Crippen LogP contribution in [0, 0.1) is 13.8 Å². The number of rotatable bonds is 5. The zero-order valence-corrected chi connectivity index (χ0v) is 13.4. The van der Waals surface area contributed by atoms with E-state index < -0.39 is 0 Å². The molecule has 1 amide bonds. The van der Waals surface area contributed by atoms with E-state index in [1.807, 2.05) is 37.6 Å². The van der Waals surface area contributed by atoms with Gasteiger partial charge in [-0.2, -0.15) is 0 Å². The lowest BCUT2D eigenvalue weighted by Gasteiger charge is -2.06. The van der Waals surface area contributed by atoms with Crippen molar-refractivity contribution in [1.82, 2.24) is 15.5 Å². The molecular weight excluding hydrogens is 298 g/mol. The van der Waals surface area contributed by atoms with Crippen LogP contribution in [0.15, 0.2) is 28.2 Å². The Morgan fingerprint density at radius 3 is 3.00 bits per heavy atom. The minimum atomic E-state index is 0.0292. The molecule has 0 saturated carbocycles. The predicted molar refractivity (Wildman–Crippen MR) is 85.8 cm³/mol. The van der Waals surface area contributed by atoms with Crippen LogP contribution in [0.5, 0.6) is 0 Å². The van der Waals surface area contributed by atoms with E-state index in [4.69, 9.17) is 4.52 Å². The Kier molecular flexibility index (Phi) is 4.20. The third-order valence-corrected chi connectivity index (χ3v) is 4.62. The highest BCUT2D eigenvalue weighted by Gasteiger charge is 2.11. The number of nitrogens with one attached hydrogen (secondary N) is 1. The standard InChI is InChI=1S/C16H17N3O2S/c1-10-13(11(2)21-19-10)6-7-15(20)17-8-12-4-3-5-14-16(12)22-9-18-14/h3-5,9H,6-8H2,1-2H3,(H,17,20). The van der Waals surface area contributed by atoms with Crippen molar-refractivity contribution < 1.29 is 9.32 Å². The van der Waals surface area contributed by atoms with Crippen LogP contribution in [0.1, 0.15) is 29.0 Å². The number of nitrogens with zero attached hydrogens (tertiary/aromatic N) is 2. The minimum absolute atomic E-state index is 0.0292. The van der Waals surface area contributed by atoms with Gasteiger partial charge in [0.2, 0.25) is 5.91 Å². The highest BCUT2D eigenvalue weighted by Crippen LogP contribution is 2.22. The molecule has 114 valence electrons. The van der Waals surface area contributed by atoms with Crippen molar-refractivity contribution in [1.29, 1.82) is 0 Å². The summed E-state index contributed by atoms with van der Waals surface area (Å²) in [6.45, 7) is 4.30. The Hall–Kier alpha value is -2.21. The molecule has 1 aromatic carbocycles. The fourth-order valence-corrected chi connectivity index (χ4v) is 3.27. The molecule has 0 aliphatic carbocycles. The molecule has 0 atom stereocenters. The Morgan fingerprint density at radius 1 is 1.36 bits per heavy atom. The van der Waals surface area contributed by atoms with Crippen LogP contribution in [0.4, 0.5) is 0 Å². The van der Waals surface area contributed by atoms with Crippen molar-refractivity contribution in [3.05, 3.63) is 46.3 Å². The Bertz CT molecular complexity index is 787. The molecule has 3 rings (SSSR count). The van der Waals surface area contributed by atoms with E-state index in [-0.39, 0.29) is 5.91 Å². The van der Waals surface area contributed by atoms with Crippen LogP contribution in [0.3, 0.4) is 0 Å². The van der Waals surface area contributed by atoms with E-state index in [1.54, 1.807) is 11.3 Å². The minimum Gasteiger partial charge on any atom is -0.361 e. The average molecular weight is 315 g/mol. The number of fused-ring (bicyclic) bond motifs is 1. The summed E-state index contributed by atoms with van der Waals surface area (Å²) in [5.74, 6) is 0.821. The predicted octanol–water partition coefficient (Wildman–Crippen LogP) is 3.15. The molecule has 0 saturated heterocycles. The average Bonchev–Trinajstić information content (AvgIpc) is 3.11. The summed E-state index contributed by atoms with van der Waals surface area (Å²) >= 11 is 1.60. The van der Waals surface area contributed by atoms with Crippen molar-refractivity contribution in [3.8, 4) is 0 Å². The second-order valence-corrected chi connectivity index (χ2v) is 6.05. The molecule has 0 aliphatic rings. The van der Waals surface area contributed by atoms with Gasteiger partial charge in [0.25, 0.3) is 0 Å². The maximum absolute atomic E-state index is 12.0. The van der Waals surface area contributed by atoms with E-state index in [0.717, 1.165) is 32.8 Å². The van der Waals surface area contributed by atoms with Gasteiger partial charge in [0.15, 0.2) is 0 Å². The van der Waals surface area contributed by atoms with E-state index in [0.29, 0.717) is 19.4 Å². The van der Waals surface area contributed by atoms with Crippen LogP contribution in [-0.4, -0.2) is 16.0 Å². The van der Waals surface area contributed by atoms with Crippen molar-refractivity contribution in [3.63, 3.8) is 0 Å². The summed E-state index contributed by atoms with van der Waals surface area (Å²) < 4.78 is 6.24. The molecule has 2 aromatic heterocycles. The van der Waals surface area contributed by atoms with Crippen LogP contribution >= 0.6 is 11.3 Å². The zero-order valence-electron chi connectivity index (χ0n) is 12.5.